The Kier molecular flexibility index (Phi) is 5.90. The Morgan fingerprint density at radius 2 is 1.57 bits per heavy atom. The quantitative estimate of drug-likeness (QED) is 0.787. The Morgan fingerprint density at radius 1 is 0.893 bits per heavy atom. The van der Waals surface area contributed by atoms with Crippen molar-refractivity contribution < 1.29 is 4.74 Å². The topological polar surface area (TPSA) is 57.6 Å². The largest absolute Gasteiger partial charge is 0.481 e. The van der Waals surface area contributed by atoms with Crippen LogP contribution in [0.2, 0.25) is 0 Å². The summed E-state index contributed by atoms with van der Waals surface area (Å²) in [5.74, 6) is 3.69. The summed E-state index contributed by atoms with van der Waals surface area (Å²) in [6.45, 7) is 9.16. The molecule has 2 aliphatic rings. The zero-order chi connectivity index (χ0) is 19.3. The number of aromatic nitrogens is 3. The van der Waals surface area contributed by atoms with Gasteiger partial charge in [0.15, 0.2) is 0 Å². The predicted octanol–water partition coefficient (Wildman–Crippen LogP) is 2.50. The summed E-state index contributed by atoms with van der Waals surface area (Å²) in [6.07, 6.45) is 5.76. The summed E-state index contributed by atoms with van der Waals surface area (Å²) >= 11 is 0. The van der Waals surface area contributed by atoms with Crippen LogP contribution in [0.3, 0.4) is 0 Å². The monoisotopic (exact) mass is 382 g/mol. The summed E-state index contributed by atoms with van der Waals surface area (Å²) in [5, 5.41) is 0. The smallest absolute Gasteiger partial charge is 0.212 e. The molecule has 0 N–H and O–H groups in total. The number of anilines is 2. The molecule has 2 saturated heterocycles. The maximum Gasteiger partial charge on any atom is 0.212 e. The van der Waals surface area contributed by atoms with E-state index in [1.54, 1.807) is 7.11 Å². The van der Waals surface area contributed by atoms with Gasteiger partial charge in [0.05, 0.1) is 7.11 Å². The minimum atomic E-state index is 0.664. The minimum Gasteiger partial charge on any atom is -0.481 e. The van der Waals surface area contributed by atoms with E-state index in [1.165, 1.54) is 24.8 Å². The van der Waals surface area contributed by atoms with E-state index in [4.69, 9.17) is 14.7 Å². The van der Waals surface area contributed by atoms with Gasteiger partial charge in [0.25, 0.3) is 0 Å². The van der Waals surface area contributed by atoms with Crippen LogP contribution in [0.5, 0.6) is 5.88 Å². The van der Waals surface area contributed by atoms with Crippen molar-refractivity contribution in [2.45, 2.75) is 32.7 Å². The highest BCUT2D eigenvalue weighted by atomic mass is 16.5. The average molecular weight is 383 g/mol. The number of methoxy groups -OCH3 is 1. The number of piperazine rings is 1. The van der Waals surface area contributed by atoms with Crippen LogP contribution in [0.15, 0.2) is 24.4 Å². The highest BCUT2D eigenvalue weighted by Gasteiger charge is 2.21. The van der Waals surface area contributed by atoms with E-state index >= 15 is 0 Å². The average Bonchev–Trinajstić information content (AvgIpc) is 2.75. The lowest BCUT2D eigenvalue weighted by atomic mass is 10.1. The number of piperidine rings is 1. The van der Waals surface area contributed by atoms with Crippen LogP contribution in [0, 0.1) is 6.92 Å². The third-order valence-corrected chi connectivity index (χ3v) is 5.60. The molecule has 4 rings (SSSR count). The molecule has 0 spiro atoms. The molecular formula is C21H30N6O. The SMILES string of the molecule is COc1ccc(CN2CCN(c3cc(N4CCCCC4)nc(C)n3)CC2)cn1. The van der Waals surface area contributed by atoms with Gasteiger partial charge < -0.3 is 14.5 Å². The van der Waals surface area contributed by atoms with Crippen molar-refractivity contribution >= 4 is 11.6 Å². The van der Waals surface area contributed by atoms with Crippen LogP contribution in [0.4, 0.5) is 11.6 Å². The first-order chi connectivity index (χ1) is 13.7. The van der Waals surface area contributed by atoms with Crippen molar-refractivity contribution in [2.24, 2.45) is 0 Å². The van der Waals surface area contributed by atoms with Gasteiger partial charge in [-0.2, -0.15) is 0 Å². The maximum absolute atomic E-state index is 5.14. The highest BCUT2D eigenvalue weighted by molar-refractivity contribution is 5.51. The first-order valence-corrected chi connectivity index (χ1v) is 10.3. The number of pyridine rings is 1. The van der Waals surface area contributed by atoms with Gasteiger partial charge >= 0.3 is 0 Å². The number of hydrogen-bond acceptors (Lipinski definition) is 7. The summed E-state index contributed by atoms with van der Waals surface area (Å²) in [5.41, 5.74) is 1.22. The molecule has 2 aromatic heterocycles. The third-order valence-electron chi connectivity index (χ3n) is 5.60. The van der Waals surface area contributed by atoms with Crippen LogP contribution in [0.1, 0.15) is 30.7 Å². The lowest BCUT2D eigenvalue weighted by Crippen LogP contribution is -2.46. The van der Waals surface area contributed by atoms with Gasteiger partial charge in [0, 0.05) is 64.1 Å². The van der Waals surface area contributed by atoms with Gasteiger partial charge in [-0.15, -0.1) is 0 Å². The summed E-state index contributed by atoms with van der Waals surface area (Å²) in [6, 6.07) is 6.20. The van der Waals surface area contributed by atoms with E-state index in [0.717, 1.165) is 63.3 Å². The molecule has 0 amide bonds. The molecule has 0 bridgehead atoms. The summed E-state index contributed by atoms with van der Waals surface area (Å²) < 4.78 is 5.14. The van der Waals surface area contributed by atoms with Gasteiger partial charge in [-0.3, -0.25) is 4.90 Å². The second kappa shape index (κ2) is 8.73. The van der Waals surface area contributed by atoms with Crippen LogP contribution in [0.25, 0.3) is 0 Å². The van der Waals surface area contributed by atoms with Crippen LogP contribution < -0.4 is 14.5 Å². The van der Waals surface area contributed by atoms with Crippen LogP contribution in [-0.2, 0) is 6.54 Å². The Morgan fingerprint density at radius 3 is 2.18 bits per heavy atom. The molecule has 0 aliphatic carbocycles. The van der Waals surface area contributed by atoms with Crippen molar-refractivity contribution in [1.29, 1.82) is 0 Å². The lowest BCUT2D eigenvalue weighted by Gasteiger charge is -2.36. The third kappa shape index (κ3) is 4.52. The van der Waals surface area contributed by atoms with Gasteiger partial charge in [-0.25, -0.2) is 15.0 Å². The molecule has 0 saturated carbocycles. The normalized spacial score (nSPS) is 18.4. The van der Waals surface area contributed by atoms with E-state index < -0.39 is 0 Å². The summed E-state index contributed by atoms with van der Waals surface area (Å²) in [7, 11) is 1.65. The first kappa shape index (κ1) is 18.9. The minimum absolute atomic E-state index is 0.664. The molecule has 7 heteroatoms. The molecule has 2 fully saturated rings. The highest BCUT2D eigenvalue weighted by Crippen LogP contribution is 2.23. The first-order valence-electron chi connectivity index (χ1n) is 10.3. The number of aryl methyl sites for hydroxylation is 1. The zero-order valence-electron chi connectivity index (χ0n) is 17.0. The molecule has 2 aromatic rings. The van der Waals surface area contributed by atoms with Crippen molar-refractivity contribution in [1.82, 2.24) is 19.9 Å². The van der Waals surface area contributed by atoms with Crippen LogP contribution in [-0.4, -0.2) is 66.2 Å². The number of ether oxygens (including phenoxy) is 1. The Balaban J connectivity index is 1.37. The summed E-state index contributed by atoms with van der Waals surface area (Å²) in [4.78, 5) is 21.0. The Bertz CT molecular complexity index is 767. The molecule has 0 atom stereocenters. The number of hydrogen-bond donors (Lipinski definition) is 0. The van der Waals surface area contributed by atoms with Crippen molar-refractivity contribution in [3.05, 3.63) is 35.8 Å². The Hall–Kier alpha value is -2.41. The van der Waals surface area contributed by atoms with E-state index in [2.05, 4.69) is 31.8 Å². The fraction of sp³-hybridized carbons (Fsp3) is 0.571. The van der Waals surface area contributed by atoms with Gasteiger partial charge in [0.1, 0.15) is 17.5 Å². The zero-order valence-corrected chi connectivity index (χ0v) is 17.0. The standard InChI is InChI=1S/C21H30N6O/c1-17-23-19(26-8-4-3-5-9-26)14-20(24-17)27-12-10-25(11-13-27)16-18-6-7-21(28-2)22-15-18/h6-7,14-15H,3-5,8-13,16H2,1-2H3. The molecular weight excluding hydrogens is 352 g/mol. The maximum atomic E-state index is 5.14. The van der Waals surface area contributed by atoms with Crippen molar-refractivity contribution in [2.75, 3.05) is 56.2 Å². The van der Waals surface area contributed by atoms with Gasteiger partial charge in [0.2, 0.25) is 5.88 Å². The molecule has 7 nitrogen and oxygen atoms in total. The molecule has 0 unspecified atom stereocenters. The number of rotatable bonds is 5. The fourth-order valence-corrected chi connectivity index (χ4v) is 4.00. The van der Waals surface area contributed by atoms with Gasteiger partial charge in [-0.05, 0) is 31.7 Å². The second-order valence-electron chi connectivity index (χ2n) is 7.65. The molecule has 2 aliphatic heterocycles. The van der Waals surface area contributed by atoms with E-state index in [1.807, 2.05) is 19.2 Å². The second-order valence-corrected chi connectivity index (χ2v) is 7.65. The van der Waals surface area contributed by atoms with E-state index in [0.29, 0.717) is 5.88 Å². The molecule has 0 aromatic carbocycles. The fourth-order valence-electron chi connectivity index (χ4n) is 4.00. The molecule has 150 valence electrons. The predicted molar refractivity (Wildman–Crippen MR) is 111 cm³/mol. The van der Waals surface area contributed by atoms with Crippen molar-refractivity contribution in [3.63, 3.8) is 0 Å². The Labute approximate surface area is 167 Å². The molecule has 4 heterocycles. The van der Waals surface area contributed by atoms with Crippen molar-refractivity contribution in [3.8, 4) is 5.88 Å². The van der Waals surface area contributed by atoms with Gasteiger partial charge in [-0.1, -0.05) is 6.07 Å². The lowest BCUT2D eigenvalue weighted by molar-refractivity contribution is 0.249. The molecule has 0 radical (unpaired) electrons. The van der Waals surface area contributed by atoms with E-state index in [9.17, 15) is 0 Å². The van der Waals surface area contributed by atoms with Crippen LogP contribution >= 0.6 is 0 Å². The van der Waals surface area contributed by atoms with E-state index in [-0.39, 0.29) is 0 Å². The molecule has 28 heavy (non-hydrogen) atoms. The number of nitrogens with zero attached hydrogens (tertiary/aromatic N) is 6.